The Labute approximate surface area is 66.3 Å². The molecule has 0 amide bonds. The summed E-state index contributed by atoms with van der Waals surface area (Å²) in [6, 6.07) is 0. The van der Waals surface area contributed by atoms with Gasteiger partial charge in [0.2, 0.25) is 0 Å². The minimum atomic E-state index is 0.0678. The van der Waals surface area contributed by atoms with E-state index in [0.29, 0.717) is 5.88 Å². The van der Waals surface area contributed by atoms with Crippen molar-refractivity contribution in [3.8, 4) is 0 Å². The lowest BCUT2D eigenvalue weighted by Gasteiger charge is -2.03. The van der Waals surface area contributed by atoms with Crippen LogP contribution in [0.25, 0.3) is 0 Å². The van der Waals surface area contributed by atoms with Crippen molar-refractivity contribution in [1.29, 1.82) is 0 Å². The molecule has 0 aliphatic rings. The van der Waals surface area contributed by atoms with Gasteiger partial charge < -0.3 is 4.74 Å². The summed E-state index contributed by atoms with van der Waals surface area (Å²) in [5, 5.41) is 0.0678. The first kappa shape index (κ1) is 9.54. The van der Waals surface area contributed by atoms with Gasteiger partial charge in [0.25, 0.3) is 0 Å². The molecule has 0 saturated carbocycles. The van der Waals surface area contributed by atoms with Crippen molar-refractivity contribution in [2.45, 2.75) is 18.7 Å². The minimum absolute atomic E-state index is 0.0678. The van der Waals surface area contributed by atoms with E-state index in [1.54, 1.807) is 0 Å². The molecule has 0 aromatic rings. The third-order valence-electron chi connectivity index (χ3n) is 0.947. The molecule has 0 saturated heterocycles. The van der Waals surface area contributed by atoms with Crippen LogP contribution in [-0.2, 0) is 4.74 Å². The molecule has 0 heterocycles. The van der Waals surface area contributed by atoms with Crippen LogP contribution >= 0.6 is 23.2 Å². The lowest BCUT2D eigenvalue weighted by Crippen LogP contribution is -2.05. The van der Waals surface area contributed by atoms with Gasteiger partial charge in [-0.15, -0.1) is 23.2 Å². The molecule has 0 aliphatic heterocycles. The average Bonchev–Trinajstić information content (AvgIpc) is 1.89. The summed E-state index contributed by atoms with van der Waals surface area (Å²) in [5.41, 5.74) is 0. The van der Waals surface area contributed by atoms with Crippen LogP contribution in [-0.4, -0.2) is 24.5 Å². The molecule has 0 bridgehead atoms. The number of rotatable bonds is 5. The van der Waals surface area contributed by atoms with E-state index in [1.165, 1.54) is 0 Å². The first-order chi connectivity index (χ1) is 4.31. The fourth-order valence-electron chi connectivity index (χ4n) is 0.433. The Morgan fingerprint density at radius 3 is 2.67 bits per heavy atom. The Hall–Kier alpha value is 0.540. The van der Waals surface area contributed by atoms with Crippen molar-refractivity contribution in [2.75, 3.05) is 19.1 Å². The summed E-state index contributed by atoms with van der Waals surface area (Å²) in [5.74, 6) is 0.509. The van der Waals surface area contributed by atoms with Gasteiger partial charge in [-0.3, -0.25) is 0 Å². The molecule has 3 heteroatoms. The highest BCUT2D eigenvalue weighted by Gasteiger charge is 2.00. The molecule has 56 valence electrons. The summed E-state index contributed by atoms with van der Waals surface area (Å²) in [6.07, 6.45) is 0.846. The van der Waals surface area contributed by atoms with E-state index < -0.39 is 0 Å². The molecule has 1 unspecified atom stereocenters. The molecule has 0 fully saturated rings. The van der Waals surface area contributed by atoms with Gasteiger partial charge in [-0.2, -0.15) is 0 Å². The molecule has 0 radical (unpaired) electrons. The van der Waals surface area contributed by atoms with Gasteiger partial charge in [-0.05, 0) is 13.3 Å². The number of hydrogen-bond donors (Lipinski definition) is 0. The monoisotopic (exact) mass is 170 g/mol. The minimum Gasteiger partial charge on any atom is -0.382 e. The highest BCUT2D eigenvalue weighted by Crippen LogP contribution is 2.03. The first-order valence-electron chi connectivity index (χ1n) is 3.09. The van der Waals surface area contributed by atoms with E-state index in [2.05, 4.69) is 0 Å². The Kier molecular flexibility index (Phi) is 7.06. The van der Waals surface area contributed by atoms with Crippen LogP contribution in [0.5, 0.6) is 0 Å². The molecule has 1 atom stereocenters. The summed E-state index contributed by atoms with van der Waals surface area (Å²) in [4.78, 5) is 0. The Bertz CT molecular complexity index is 59.0. The molecular weight excluding hydrogens is 159 g/mol. The van der Waals surface area contributed by atoms with Gasteiger partial charge in [0, 0.05) is 24.5 Å². The van der Waals surface area contributed by atoms with E-state index in [-0.39, 0.29) is 5.38 Å². The average molecular weight is 171 g/mol. The highest BCUT2D eigenvalue weighted by atomic mass is 35.5. The smallest absolute Gasteiger partial charge is 0.0493 e. The standard InChI is InChI=1S/C6H12Cl2O/c1-2-9-4-3-6(8)5-7/h6H,2-5H2,1H3. The molecule has 0 aliphatic carbocycles. The maximum atomic E-state index is 5.69. The Morgan fingerprint density at radius 2 is 2.22 bits per heavy atom. The second-order valence-corrected chi connectivity index (χ2v) is 2.66. The lowest BCUT2D eigenvalue weighted by molar-refractivity contribution is 0.145. The van der Waals surface area contributed by atoms with E-state index in [9.17, 15) is 0 Å². The first-order valence-corrected chi connectivity index (χ1v) is 4.06. The molecule has 0 aromatic heterocycles. The largest absolute Gasteiger partial charge is 0.382 e. The van der Waals surface area contributed by atoms with Crippen LogP contribution in [0, 0.1) is 0 Å². The van der Waals surface area contributed by atoms with Crippen LogP contribution < -0.4 is 0 Å². The zero-order valence-electron chi connectivity index (χ0n) is 5.57. The summed E-state index contributed by atoms with van der Waals surface area (Å²) >= 11 is 11.1. The van der Waals surface area contributed by atoms with Gasteiger partial charge in [-0.25, -0.2) is 0 Å². The number of hydrogen-bond acceptors (Lipinski definition) is 1. The normalized spacial score (nSPS) is 13.7. The fourth-order valence-corrected chi connectivity index (χ4v) is 0.676. The van der Waals surface area contributed by atoms with Crippen molar-refractivity contribution in [2.24, 2.45) is 0 Å². The molecular formula is C6H12Cl2O. The molecule has 0 N–H and O–H groups in total. The lowest BCUT2D eigenvalue weighted by atomic mass is 10.3. The molecule has 0 rings (SSSR count). The number of ether oxygens (including phenoxy) is 1. The molecule has 0 aromatic carbocycles. The van der Waals surface area contributed by atoms with Gasteiger partial charge in [0.1, 0.15) is 0 Å². The summed E-state index contributed by atoms with van der Waals surface area (Å²) < 4.78 is 5.06. The van der Waals surface area contributed by atoms with E-state index in [1.807, 2.05) is 6.92 Å². The second-order valence-electron chi connectivity index (χ2n) is 1.74. The van der Waals surface area contributed by atoms with Crippen LogP contribution in [0.2, 0.25) is 0 Å². The third-order valence-corrected chi connectivity index (χ3v) is 1.85. The predicted octanol–water partition coefficient (Wildman–Crippen LogP) is 2.26. The van der Waals surface area contributed by atoms with Gasteiger partial charge in [-0.1, -0.05) is 0 Å². The molecule has 1 nitrogen and oxygen atoms in total. The molecule has 9 heavy (non-hydrogen) atoms. The predicted molar refractivity (Wildman–Crippen MR) is 41.5 cm³/mol. The van der Waals surface area contributed by atoms with E-state index >= 15 is 0 Å². The Morgan fingerprint density at radius 1 is 1.56 bits per heavy atom. The fraction of sp³-hybridized carbons (Fsp3) is 1.00. The van der Waals surface area contributed by atoms with Crippen LogP contribution in [0.3, 0.4) is 0 Å². The van der Waals surface area contributed by atoms with Gasteiger partial charge >= 0.3 is 0 Å². The van der Waals surface area contributed by atoms with Crippen molar-refractivity contribution >= 4 is 23.2 Å². The van der Waals surface area contributed by atoms with Crippen molar-refractivity contribution in [1.82, 2.24) is 0 Å². The second kappa shape index (κ2) is 6.66. The molecule has 0 spiro atoms. The number of alkyl halides is 2. The third kappa shape index (κ3) is 6.42. The van der Waals surface area contributed by atoms with Crippen LogP contribution in [0.15, 0.2) is 0 Å². The summed E-state index contributed by atoms with van der Waals surface area (Å²) in [7, 11) is 0. The van der Waals surface area contributed by atoms with Gasteiger partial charge in [0.15, 0.2) is 0 Å². The zero-order valence-corrected chi connectivity index (χ0v) is 7.08. The SMILES string of the molecule is CCOCCC(Cl)CCl. The number of halogens is 2. The van der Waals surface area contributed by atoms with Crippen LogP contribution in [0.4, 0.5) is 0 Å². The highest BCUT2D eigenvalue weighted by molar-refractivity contribution is 6.28. The summed E-state index contributed by atoms with van der Waals surface area (Å²) in [6.45, 7) is 3.44. The zero-order chi connectivity index (χ0) is 7.11. The maximum absolute atomic E-state index is 5.69. The Balaban J connectivity index is 2.88. The van der Waals surface area contributed by atoms with Gasteiger partial charge in [0.05, 0.1) is 0 Å². The van der Waals surface area contributed by atoms with Crippen molar-refractivity contribution in [3.63, 3.8) is 0 Å². The van der Waals surface area contributed by atoms with Crippen molar-refractivity contribution < 1.29 is 4.74 Å². The van der Waals surface area contributed by atoms with E-state index in [0.717, 1.165) is 19.6 Å². The topological polar surface area (TPSA) is 9.23 Å². The van der Waals surface area contributed by atoms with Crippen LogP contribution in [0.1, 0.15) is 13.3 Å². The van der Waals surface area contributed by atoms with Crippen molar-refractivity contribution in [3.05, 3.63) is 0 Å². The maximum Gasteiger partial charge on any atom is 0.0493 e. The van der Waals surface area contributed by atoms with E-state index in [4.69, 9.17) is 27.9 Å². The quantitative estimate of drug-likeness (QED) is 0.455.